The quantitative estimate of drug-likeness (QED) is 0.587. The maximum Gasteiger partial charge on any atom is 0.140 e. The smallest absolute Gasteiger partial charge is 0.140 e. The molecule has 0 amide bonds. The summed E-state index contributed by atoms with van der Waals surface area (Å²) in [4.78, 5) is 16.2. The minimum Gasteiger partial charge on any atom is -0.491 e. The van der Waals surface area contributed by atoms with E-state index >= 15 is 0 Å². The highest BCUT2D eigenvalue weighted by Gasteiger charge is 2.07. The van der Waals surface area contributed by atoms with Gasteiger partial charge in [0, 0.05) is 35.4 Å². The van der Waals surface area contributed by atoms with Gasteiger partial charge in [0.05, 0.1) is 5.52 Å². The lowest BCUT2D eigenvalue weighted by molar-refractivity contribution is 0.273. The molecule has 7 heteroatoms. The number of hydrogen-bond acceptors (Lipinski definition) is 5. The van der Waals surface area contributed by atoms with Crippen molar-refractivity contribution in [3.8, 4) is 5.75 Å². The minimum atomic E-state index is -0.529. The van der Waals surface area contributed by atoms with Crippen LogP contribution in [0.1, 0.15) is 0 Å². The lowest BCUT2D eigenvalue weighted by Gasteiger charge is -2.07. The minimum absolute atomic E-state index is 0.0246. The van der Waals surface area contributed by atoms with Crippen LogP contribution in [-0.4, -0.2) is 33.2 Å². The third-order valence-electron chi connectivity index (χ3n) is 3.59. The molecule has 0 aliphatic heterocycles. The summed E-state index contributed by atoms with van der Waals surface area (Å²) < 4.78 is 17.4. The number of aromatic amines is 1. The highest BCUT2D eigenvalue weighted by atomic mass is 19.1. The van der Waals surface area contributed by atoms with Crippen molar-refractivity contribution in [2.24, 2.45) is 0 Å². The van der Waals surface area contributed by atoms with Crippen molar-refractivity contribution in [2.75, 3.05) is 18.6 Å². The first-order valence-electron chi connectivity index (χ1n) is 7.48. The van der Waals surface area contributed by atoms with Gasteiger partial charge in [-0.3, -0.25) is 4.98 Å². The fourth-order valence-electron chi connectivity index (χ4n) is 2.54. The Kier molecular flexibility index (Phi) is 3.66. The lowest BCUT2D eigenvalue weighted by Crippen LogP contribution is -2.00. The van der Waals surface area contributed by atoms with Gasteiger partial charge in [-0.2, -0.15) is 0 Å². The molecule has 0 aliphatic carbocycles. The predicted octanol–water partition coefficient (Wildman–Crippen LogP) is 3.60. The maximum absolute atomic E-state index is 12.2. The molecule has 0 unspecified atom stereocenters. The molecule has 24 heavy (non-hydrogen) atoms. The van der Waals surface area contributed by atoms with Crippen LogP contribution in [0.5, 0.6) is 5.75 Å². The third kappa shape index (κ3) is 2.71. The normalized spacial score (nSPS) is 11.0. The molecular weight excluding hydrogens is 309 g/mol. The van der Waals surface area contributed by atoms with Gasteiger partial charge in [0.2, 0.25) is 0 Å². The highest BCUT2D eigenvalue weighted by molar-refractivity contribution is 6.05. The Labute approximate surface area is 136 Å². The average molecular weight is 323 g/mol. The zero-order valence-electron chi connectivity index (χ0n) is 12.7. The number of halogens is 1. The molecule has 0 aliphatic rings. The third-order valence-corrected chi connectivity index (χ3v) is 3.59. The molecule has 0 aromatic carbocycles. The van der Waals surface area contributed by atoms with E-state index in [0.717, 1.165) is 21.9 Å². The van der Waals surface area contributed by atoms with Gasteiger partial charge >= 0.3 is 0 Å². The second-order valence-electron chi connectivity index (χ2n) is 5.18. The Balaban J connectivity index is 1.63. The van der Waals surface area contributed by atoms with E-state index in [4.69, 9.17) is 4.74 Å². The monoisotopic (exact) mass is 323 g/mol. The first-order chi connectivity index (χ1) is 11.8. The molecule has 0 saturated heterocycles. The molecular formula is C17H14FN5O. The van der Waals surface area contributed by atoms with Crippen LogP contribution < -0.4 is 10.1 Å². The van der Waals surface area contributed by atoms with Crippen LogP contribution in [0.3, 0.4) is 0 Å². The van der Waals surface area contributed by atoms with E-state index in [9.17, 15) is 4.39 Å². The number of hydrogen-bond donors (Lipinski definition) is 2. The summed E-state index contributed by atoms with van der Waals surface area (Å²) in [6, 6.07) is 9.16. The van der Waals surface area contributed by atoms with E-state index in [1.165, 1.54) is 0 Å². The zero-order chi connectivity index (χ0) is 16.4. The van der Waals surface area contributed by atoms with Crippen molar-refractivity contribution in [3.63, 3.8) is 0 Å². The van der Waals surface area contributed by atoms with Gasteiger partial charge in [-0.25, -0.2) is 14.4 Å². The van der Waals surface area contributed by atoms with Gasteiger partial charge in [-0.15, -0.1) is 0 Å². The largest absolute Gasteiger partial charge is 0.491 e. The summed E-state index contributed by atoms with van der Waals surface area (Å²) in [7, 11) is 0. The van der Waals surface area contributed by atoms with Gasteiger partial charge in [-0.05, 0) is 24.3 Å². The predicted molar refractivity (Wildman–Crippen MR) is 90.4 cm³/mol. The van der Waals surface area contributed by atoms with Crippen molar-refractivity contribution in [2.45, 2.75) is 0 Å². The SMILES string of the molecule is FCCOc1ccnc(Nc2ccc3c(n2)[nH]c2ccncc23)c1. The van der Waals surface area contributed by atoms with Gasteiger partial charge in [0.1, 0.15) is 36.3 Å². The number of pyridine rings is 3. The van der Waals surface area contributed by atoms with Gasteiger partial charge in [0.15, 0.2) is 0 Å². The van der Waals surface area contributed by atoms with Crippen LogP contribution >= 0.6 is 0 Å². The van der Waals surface area contributed by atoms with E-state index in [-0.39, 0.29) is 6.61 Å². The van der Waals surface area contributed by atoms with Crippen molar-refractivity contribution >= 4 is 33.6 Å². The van der Waals surface area contributed by atoms with Gasteiger partial charge in [-0.1, -0.05) is 0 Å². The molecule has 6 nitrogen and oxygen atoms in total. The number of ether oxygens (including phenoxy) is 1. The summed E-state index contributed by atoms with van der Waals surface area (Å²) >= 11 is 0. The Bertz CT molecular complexity index is 1000. The summed E-state index contributed by atoms with van der Waals surface area (Å²) in [5.74, 6) is 1.79. The van der Waals surface area contributed by atoms with Crippen LogP contribution in [0.25, 0.3) is 21.9 Å². The number of alkyl halides is 1. The lowest BCUT2D eigenvalue weighted by atomic mass is 10.2. The van der Waals surface area contributed by atoms with Crippen LogP contribution in [0.15, 0.2) is 48.9 Å². The molecule has 0 spiro atoms. The summed E-state index contributed by atoms with van der Waals surface area (Å²) in [5, 5.41) is 5.17. The van der Waals surface area contributed by atoms with Gasteiger partial charge < -0.3 is 15.0 Å². The Hall–Kier alpha value is -3.22. The number of rotatable bonds is 5. The molecule has 2 N–H and O–H groups in total. The molecule has 0 atom stereocenters. The Morgan fingerprint density at radius 3 is 2.96 bits per heavy atom. The summed E-state index contributed by atoms with van der Waals surface area (Å²) in [6.45, 7) is -0.505. The van der Waals surface area contributed by atoms with Crippen LogP contribution in [-0.2, 0) is 0 Å². The zero-order valence-corrected chi connectivity index (χ0v) is 12.7. The molecule has 0 fully saturated rings. The summed E-state index contributed by atoms with van der Waals surface area (Å²) in [5.41, 5.74) is 1.76. The first kappa shape index (κ1) is 14.4. The van der Waals surface area contributed by atoms with Crippen molar-refractivity contribution in [3.05, 3.63) is 48.9 Å². The van der Waals surface area contributed by atoms with E-state index in [1.807, 2.05) is 24.4 Å². The van der Waals surface area contributed by atoms with Crippen LogP contribution in [0.2, 0.25) is 0 Å². The number of anilines is 2. The fourth-order valence-corrected chi connectivity index (χ4v) is 2.54. The topological polar surface area (TPSA) is 75.7 Å². The molecule has 4 rings (SSSR count). The van der Waals surface area contributed by atoms with Crippen molar-refractivity contribution in [1.82, 2.24) is 19.9 Å². The number of nitrogens with one attached hydrogen (secondary N) is 2. The molecule has 4 heterocycles. The second kappa shape index (κ2) is 6.11. The number of aromatic nitrogens is 4. The number of H-pyrrole nitrogens is 1. The van der Waals surface area contributed by atoms with E-state index in [2.05, 4.69) is 25.3 Å². The standard InChI is InChI=1S/C17H14FN5O/c18-5-8-24-11-3-7-20-16(9-11)22-15-2-1-12-13-10-19-6-4-14(13)21-17(12)23-15/h1-4,6-7,9-10H,5,8H2,(H2,20,21,22,23). The van der Waals surface area contributed by atoms with E-state index in [0.29, 0.717) is 17.4 Å². The fraction of sp³-hybridized carbons (Fsp3) is 0.118. The Morgan fingerprint density at radius 1 is 1.08 bits per heavy atom. The van der Waals surface area contributed by atoms with E-state index < -0.39 is 6.67 Å². The molecule has 4 aromatic rings. The maximum atomic E-state index is 12.2. The first-order valence-corrected chi connectivity index (χ1v) is 7.48. The van der Waals surface area contributed by atoms with Crippen LogP contribution in [0.4, 0.5) is 16.0 Å². The van der Waals surface area contributed by atoms with Gasteiger partial charge in [0.25, 0.3) is 0 Å². The second-order valence-corrected chi connectivity index (χ2v) is 5.18. The average Bonchev–Trinajstić information content (AvgIpc) is 2.98. The molecule has 0 bridgehead atoms. The van der Waals surface area contributed by atoms with Crippen LogP contribution in [0, 0.1) is 0 Å². The Morgan fingerprint density at radius 2 is 2.04 bits per heavy atom. The van der Waals surface area contributed by atoms with Crippen molar-refractivity contribution < 1.29 is 9.13 Å². The number of fused-ring (bicyclic) bond motifs is 3. The summed E-state index contributed by atoms with van der Waals surface area (Å²) in [6.07, 6.45) is 5.16. The molecule has 0 saturated carbocycles. The highest BCUT2D eigenvalue weighted by Crippen LogP contribution is 2.25. The van der Waals surface area contributed by atoms with Crippen molar-refractivity contribution in [1.29, 1.82) is 0 Å². The van der Waals surface area contributed by atoms with E-state index in [1.54, 1.807) is 24.5 Å². The molecule has 120 valence electrons. The molecule has 4 aromatic heterocycles. The number of nitrogens with zero attached hydrogens (tertiary/aromatic N) is 3. The molecule has 0 radical (unpaired) electrons.